The molecule has 5 rings (SSSR count). The number of imidazole rings is 1. The van der Waals surface area contributed by atoms with E-state index >= 15 is 4.39 Å². The zero-order chi connectivity index (χ0) is 23.3. The standard InChI is InChI=1S/C22H21ClFN7O2/c1-3-25-21(32)10(2)16-19(24)18(23)17(12-6-27-30-20(12)16)13-8-31-9-14(28-15(31)7-26-13)29-22(33)11-4-5-11/h6-11H,3-5H2,1-2H3,(H,25,32)(H,27,30)(H,29,33). The Bertz CT molecular complexity index is 1410. The van der Waals surface area contributed by atoms with Gasteiger partial charge in [-0.05, 0) is 26.7 Å². The Morgan fingerprint density at radius 1 is 1.33 bits per heavy atom. The van der Waals surface area contributed by atoms with Crippen LogP contribution in [0.4, 0.5) is 10.2 Å². The summed E-state index contributed by atoms with van der Waals surface area (Å²) in [5, 5.41) is 12.8. The maximum Gasteiger partial charge on any atom is 0.228 e. The van der Waals surface area contributed by atoms with Gasteiger partial charge in [0, 0.05) is 35.2 Å². The van der Waals surface area contributed by atoms with Gasteiger partial charge in [-0.1, -0.05) is 11.6 Å². The Hall–Kier alpha value is -3.53. The zero-order valence-corrected chi connectivity index (χ0v) is 18.7. The van der Waals surface area contributed by atoms with Crippen molar-refractivity contribution in [2.24, 2.45) is 5.92 Å². The SMILES string of the molecule is CCNC(=O)C(C)c1c(F)c(Cl)c(-c2cn3cc(NC(=O)C4CC4)nc3cn2)c2cn[nH]c12. The largest absolute Gasteiger partial charge is 0.356 e. The van der Waals surface area contributed by atoms with Gasteiger partial charge in [0.15, 0.2) is 11.5 Å². The van der Waals surface area contributed by atoms with Crippen LogP contribution in [0.1, 0.15) is 38.2 Å². The first-order chi connectivity index (χ1) is 15.9. The second-order valence-corrected chi connectivity index (χ2v) is 8.50. The maximum atomic E-state index is 15.5. The van der Waals surface area contributed by atoms with Crippen molar-refractivity contribution in [3.8, 4) is 11.3 Å². The van der Waals surface area contributed by atoms with Crippen LogP contribution >= 0.6 is 11.6 Å². The monoisotopic (exact) mass is 469 g/mol. The molecule has 1 aliphatic carbocycles. The summed E-state index contributed by atoms with van der Waals surface area (Å²) in [6.07, 6.45) is 8.17. The van der Waals surface area contributed by atoms with Crippen molar-refractivity contribution in [1.82, 2.24) is 29.9 Å². The fourth-order valence-electron chi connectivity index (χ4n) is 3.91. The Morgan fingerprint density at radius 2 is 2.12 bits per heavy atom. The second kappa shape index (κ2) is 8.11. The summed E-state index contributed by atoms with van der Waals surface area (Å²) in [5.41, 5.74) is 1.80. The topological polar surface area (TPSA) is 117 Å². The quantitative estimate of drug-likeness (QED) is 0.398. The van der Waals surface area contributed by atoms with E-state index in [4.69, 9.17) is 11.6 Å². The van der Waals surface area contributed by atoms with Crippen LogP contribution in [0.5, 0.6) is 0 Å². The molecule has 0 saturated heterocycles. The average Bonchev–Trinajstić information content (AvgIpc) is 3.42. The van der Waals surface area contributed by atoms with Gasteiger partial charge in [0.05, 0.1) is 40.7 Å². The number of likely N-dealkylation sites (N-methyl/N-ethyl adjacent to an activating group) is 1. The predicted octanol–water partition coefficient (Wildman–Crippen LogP) is 3.65. The number of anilines is 1. The van der Waals surface area contributed by atoms with Gasteiger partial charge >= 0.3 is 0 Å². The van der Waals surface area contributed by atoms with Crippen LogP contribution in [-0.4, -0.2) is 42.9 Å². The molecule has 1 fully saturated rings. The van der Waals surface area contributed by atoms with E-state index in [1.54, 1.807) is 30.6 Å². The molecule has 9 nitrogen and oxygen atoms in total. The second-order valence-electron chi connectivity index (χ2n) is 8.12. The average molecular weight is 470 g/mol. The lowest BCUT2D eigenvalue weighted by Crippen LogP contribution is -2.28. The van der Waals surface area contributed by atoms with E-state index in [0.29, 0.717) is 40.2 Å². The van der Waals surface area contributed by atoms with E-state index in [-0.39, 0.29) is 28.3 Å². The van der Waals surface area contributed by atoms with Crippen molar-refractivity contribution in [2.75, 3.05) is 11.9 Å². The highest BCUT2D eigenvalue weighted by Crippen LogP contribution is 2.40. The third-order valence-corrected chi connectivity index (χ3v) is 6.16. The first kappa shape index (κ1) is 21.3. The van der Waals surface area contributed by atoms with Gasteiger partial charge in [-0.25, -0.2) is 9.37 Å². The summed E-state index contributed by atoms with van der Waals surface area (Å²) in [7, 11) is 0. The minimum Gasteiger partial charge on any atom is -0.356 e. The van der Waals surface area contributed by atoms with Crippen LogP contribution in [0.3, 0.4) is 0 Å². The van der Waals surface area contributed by atoms with Gasteiger partial charge < -0.3 is 15.0 Å². The van der Waals surface area contributed by atoms with Gasteiger partial charge in [0.25, 0.3) is 0 Å². The van der Waals surface area contributed by atoms with Gasteiger partial charge in [0.2, 0.25) is 11.8 Å². The number of halogens is 2. The summed E-state index contributed by atoms with van der Waals surface area (Å²) in [6.45, 7) is 3.84. The molecule has 1 aromatic carbocycles. The predicted molar refractivity (Wildman–Crippen MR) is 121 cm³/mol. The number of fused-ring (bicyclic) bond motifs is 2. The van der Waals surface area contributed by atoms with E-state index in [1.807, 2.05) is 0 Å². The smallest absolute Gasteiger partial charge is 0.228 e. The molecule has 0 spiro atoms. The minimum atomic E-state index is -0.777. The highest BCUT2D eigenvalue weighted by molar-refractivity contribution is 6.35. The summed E-state index contributed by atoms with van der Waals surface area (Å²) >= 11 is 6.49. The molecule has 2 amide bonds. The van der Waals surface area contributed by atoms with Crippen LogP contribution in [-0.2, 0) is 9.59 Å². The molecule has 170 valence electrons. The zero-order valence-electron chi connectivity index (χ0n) is 17.9. The lowest BCUT2D eigenvalue weighted by atomic mass is 9.94. The third kappa shape index (κ3) is 3.70. The molecule has 0 aliphatic heterocycles. The lowest BCUT2D eigenvalue weighted by molar-refractivity contribution is -0.122. The number of nitrogens with one attached hydrogen (secondary N) is 3. The maximum absolute atomic E-state index is 15.5. The van der Waals surface area contributed by atoms with Crippen LogP contribution < -0.4 is 10.6 Å². The van der Waals surface area contributed by atoms with Crippen LogP contribution in [0.25, 0.3) is 27.8 Å². The first-order valence-electron chi connectivity index (χ1n) is 10.7. The molecule has 1 aliphatic rings. The molecule has 1 saturated carbocycles. The van der Waals surface area contributed by atoms with Crippen LogP contribution in [0.2, 0.25) is 5.02 Å². The molecule has 4 aromatic rings. The number of H-pyrrole nitrogens is 1. The Kier molecular flexibility index (Phi) is 5.24. The molecular weight excluding hydrogens is 449 g/mol. The van der Waals surface area contributed by atoms with E-state index in [1.165, 1.54) is 12.4 Å². The molecular formula is C22H21ClFN7O2. The van der Waals surface area contributed by atoms with Gasteiger partial charge in [-0.2, -0.15) is 5.10 Å². The molecule has 33 heavy (non-hydrogen) atoms. The number of benzene rings is 1. The summed E-state index contributed by atoms with van der Waals surface area (Å²) < 4.78 is 17.2. The number of nitrogens with zero attached hydrogens (tertiary/aromatic N) is 4. The van der Waals surface area contributed by atoms with Crippen molar-refractivity contribution in [1.29, 1.82) is 0 Å². The van der Waals surface area contributed by atoms with Crippen LogP contribution in [0, 0.1) is 11.7 Å². The minimum absolute atomic E-state index is 0.0476. The van der Waals surface area contributed by atoms with E-state index in [0.717, 1.165) is 12.8 Å². The number of amides is 2. The Balaban J connectivity index is 1.59. The number of carbonyl (C=O) groups is 2. The van der Waals surface area contributed by atoms with Crippen molar-refractivity contribution < 1.29 is 14.0 Å². The number of hydrogen-bond acceptors (Lipinski definition) is 5. The fourth-order valence-corrected chi connectivity index (χ4v) is 4.22. The van der Waals surface area contributed by atoms with E-state index < -0.39 is 11.7 Å². The molecule has 11 heteroatoms. The fraction of sp³-hybridized carbons (Fsp3) is 0.318. The normalized spacial score (nSPS) is 14.5. The number of aromatic nitrogens is 5. The van der Waals surface area contributed by atoms with Crippen molar-refractivity contribution in [2.45, 2.75) is 32.6 Å². The Labute approximate surface area is 192 Å². The van der Waals surface area contributed by atoms with E-state index in [2.05, 4.69) is 30.8 Å². The highest BCUT2D eigenvalue weighted by Gasteiger charge is 2.30. The third-order valence-electron chi connectivity index (χ3n) is 5.80. The summed E-state index contributed by atoms with van der Waals surface area (Å²) in [6, 6.07) is 0. The molecule has 3 aromatic heterocycles. The van der Waals surface area contributed by atoms with Crippen molar-refractivity contribution in [3.05, 3.63) is 41.2 Å². The lowest BCUT2D eigenvalue weighted by Gasteiger charge is -2.17. The molecule has 3 N–H and O–H groups in total. The highest BCUT2D eigenvalue weighted by atomic mass is 35.5. The number of carbonyl (C=O) groups excluding carboxylic acids is 2. The van der Waals surface area contributed by atoms with Gasteiger partial charge in [-0.15, -0.1) is 0 Å². The Morgan fingerprint density at radius 3 is 2.85 bits per heavy atom. The van der Waals surface area contributed by atoms with Gasteiger partial charge in [-0.3, -0.25) is 19.7 Å². The molecule has 1 unspecified atom stereocenters. The van der Waals surface area contributed by atoms with E-state index in [9.17, 15) is 9.59 Å². The summed E-state index contributed by atoms with van der Waals surface area (Å²) in [5.74, 6) is -1.36. The molecule has 3 heterocycles. The van der Waals surface area contributed by atoms with Crippen LogP contribution in [0.15, 0.2) is 24.8 Å². The first-order valence-corrected chi connectivity index (χ1v) is 11.0. The molecule has 0 radical (unpaired) electrons. The molecule has 1 atom stereocenters. The van der Waals surface area contributed by atoms with Crippen molar-refractivity contribution >= 4 is 45.8 Å². The van der Waals surface area contributed by atoms with Gasteiger partial charge in [0.1, 0.15) is 5.82 Å². The number of rotatable bonds is 6. The van der Waals surface area contributed by atoms with Crippen molar-refractivity contribution in [3.63, 3.8) is 0 Å². The summed E-state index contributed by atoms with van der Waals surface area (Å²) in [4.78, 5) is 33.2. The number of hydrogen-bond donors (Lipinski definition) is 3. The molecule has 0 bridgehead atoms. The number of aromatic amines is 1.